The minimum Gasteiger partial charge on any atom is -0.478 e. The molecular weight excluding hydrogens is 166 g/mol. The largest absolute Gasteiger partial charge is 0.478 e. The quantitative estimate of drug-likeness (QED) is 0.533. The van der Waals surface area contributed by atoms with Gasteiger partial charge in [-0.05, 0) is 36.3 Å². The molecule has 0 aliphatic carbocycles. The maximum atomic E-state index is 10.2. The summed E-state index contributed by atoms with van der Waals surface area (Å²) >= 11 is 0. The summed E-state index contributed by atoms with van der Waals surface area (Å²) in [5.41, 5.74) is 8.11. The highest BCUT2D eigenvalue weighted by molar-refractivity contribution is 5.85. The summed E-state index contributed by atoms with van der Waals surface area (Å²) in [5, 5.41) is 8.39. The van der Waals surface area contributed by atoms with Crippen molar-refractivity contribution in [3.05, 3.63) is 35.4 Å². The van der Waals surface area contributed by atoms with E-state index in [-0.39, 0.29) is 0 Å². The molecule has 0 bridgehead atoms. The first-order chi connectivity index (χ1) is 6.09. The minimum absolute atomic E-state index is 0.715. The lowest BCUT2D eigenvalue weighted by atomic mass is 10.1. The highest BCUT2D eigenvalue weighted by Crippen LogP contribution is 2.13. The molecule has 0 aliphatic heterocycles. The minimum atomic E-state index is -0.950. The van der Waals surface area contributed by atoms with Gasteiger partial charge in [0.25, 0.3) is 0 Å². The maximum absolute atomic E-state index is 10.2. The van der Waals surface area contributed by atoms with Gasteiger partial charge in [0.1, 0.15) is 0 Å². The molecule has 0 heterocycles. The predicted molar refractivity (Wildman–Crippen MR) is 52.3 cm³/mol. The van der Waals surface area contributed by atoms with Gasteiger partial charge in [-0.25, -0.2) is 4.79 Å². The van der Waals surface area contributed by atoms with Gasteiger partial charge in [-0.1, -0.05) is 6.07 Å². The number of rotatable bonds is 2. The van der Waals surface area contributed by atoms with Crippen LogP contribution in [-0.2, 0) is 4.79 Å². The van der Waals surface area contributed by atoms with E-state index in [0.29, 0.717) is 5.69 Å². The summed E-state index contributed by atoms with van der Waals surface area (Å²) in [5.74, 6) is -0.950. The van der Waals surface area contributed by atoms with E-state index in [0.717, 1.165) is 17.2 Å². The number of carboxylic acid groups (broad SMARTS) is 1. The molecule has 0 atom stereocenters. The van der Waals surface area contributed by atoms with E-state index in [1.807, 2.05) is 13.0 Å². The Hall–Kier alpha value is -1.77. The van der Waals surface area contributed by atoms with Crippen molar-refractivity contribution >= 4 is 17.7 Å². The molecule has 1 aromatic rings. The van der Waals surface area contributed by atoms with Crippen molar-refractivity contribution in [1.82, 2.24) is 0 Å². The third-order valence-corrected chi connectivity index (χ3v) is 1.71. The molecule has 0 saturated carbocycles. The van der Waals surface area contributed by atoms with Crippen molar-refractivity contribution in [1.29, 1.82) is 0 Å². The number of aryl methyl sites for hydroxylation is 1. The van der Waals surface area contributed by atoms with E-state index in [2.05, 4.69) is 0 Å². The van der Waals surface area contributed by atoms with Crippen LogP contribution in [0, 0.1) is 6.92 Å². The highest BCUT2D eigenvalue weighted by atomic mass is 16.4. The SMILES string of the molecule is Cc1cc(/C=C/C(=O)O)ccc1N. The van der Waals surface area contributed by atoms with Crippen LogP contribution in [0.2, 0.25) is 0 Å². The fraction of sp³-hybridized carbons (Fsp3) is 0.100. The average molecular weight is 177 g/mol. The van der Waals surface area contributed by atoms with E-state index in [9.17, 15) is 4.79 Å². The molecule has 3 N–H and O–H groups in total. The summed E-state index contributed by atoms with van der Waals surface area (Å²) in [4.78, 5) is 10.2. The number of anilines is 1. The molecule has 0 amide bonds. The average Bonchev–Trinajstić information content (AvgIpc) is 2.07. The zero-order valence-corrected chi connectivity index (χ0v) is 7.32. The third kappa shape index (κ3) is 2.63. The Morgan fingerprint density at radius 1 is 1.54 bits per heavy atom. The second-order valence-corrected chi connectivity index (χ2v) is 2.79. The maximum Gasteiger partial charge on any atom is 0.328 e. The predicted octanol–water partition coefficient (Wildman–Crippen LogP) is 1.68. The first-order valence-corrected chi connectivity index (χ1v) is 3.87. The number of nitrogens with two attached hydrogens (primary N) is 1. The lowest BCUT2D eigenvalue weighted by Crippen LogP contribution is -1.90. The van der Waals surface area contributed by atoms with Crippen LogP contribution in [0.25, 0.3) is 6.08 Å². The van der Waals surface area contributed by atoms with Crippen LogP contribution in [0.1, 0.15) is 11.1 Å². The monoisotopic (exact) mass is 177 g/mol. The smallest absolute Gasteiger partial charge is 0.328 e. The van der Waals surface area contributed by atoms with E-state index < -0.39 is 5.97 Å². The van der Waals surface area contributed by atoms with E-state index in [1.54, 1.807) is 12.1 Å². The third-order valence-electron chi connectivity index (χ3n) is 1.71. The fourth-order valence-electron chi connectivity index (χ4n) is 0.970. The molecule has 3 heteroatoms. The molecule has 0 saturated heterocycles. The Labute approximate surface area is 76.5 Å². The fourth-order valence-corrected chi connectivity index (χ4v) is 0.970. The van der Waals surface area contributed by atoms with Crippen molar-refractivity contribution in [3.8, 4) is 0 Å². The number of carboxylic acids is 1. The lowest BCUT2D eigenvalue weighted by Gasteiger charge is -1.99. The van der Waals surface area contributed by atoms with Crippen LogP contribution in [-0.4, -0.2) is 11.1 Å². The van der Waals surface area contributed by atoms with Crippen molar-refractivity contribution in [2.24, 2.45) is 0 Å². The molecular formula is C10H11NO2. The Morgan fingerprint density at radius 3 is 2.77 bits per heavy atom. The Bertz CT molecular complexity index is 356. The molecule has 0 aliphatic rings. The molecule has 13 heavy (non-hydrogen) atoms. The number of nitrogen functional groups attached to an aromatic ring is 1. The molecule has 68 valence electrons. The van der Waals surface area contributed by atoms with Crippen LogP contribution in [0.3, 0.4) is 0 Å². The first-order valence-electron chi connectivity index (χ1n) is 3.87. The Kier molecular flexibility index (Phi) is 2.69. The first kappa shape index (κ1) is 9.32. The van der Waals surface area contributed by atoms with Crippen LogP contribution < -0.4 is 5.73 Å². The number of hydrogen-bond acceptors (Lipinski definition) is 2. The standard InChI is InChI=1S/C10H11NO2/c1-7-6-8(2-4-9(7)11)3-5-10(12)13/h2-6H,11H2,1H3,(H,12,13)/b5-3+. The van der Waals surface area contributed by atoms with E-state index in [1.165, 1.54) is 6.08 Å². The second kappa shape index (κ2) is 3.76. The number of aliphatic carboxylic acids is 1. The summed E-state index contributed by atoms with van der Waals surface area (Å²) in [6, 6.07) is 5.38. The van der Waals surface area contributed by atoms with E-state index >= 15 is 0 Å². The van der Waals surface area contributed by atoms with Crippen LogP contribution in [0.5, 0.6) is 0 Å². The van der Waals surface area contributed by atoms with Gasteiger partial charge in [0.2, 0.25) is 0 Å². The van der Waals surface area contributed by atoms with Crippen LogP contribution in [0.15, 0.2) is 24.3 Å². The highest BCUT2D eigenvalue weighted by Gasteiger charge is 1.93. The molecule has 0 unspecified atom stereocenters. The van der Waals surface area contributed by atoms with Crippen molar-refractivity contribution in [2.45, 2.75) is 6.92 Å². The summed E-state index contributed by atoms with van der Waals surface area (Å²) in [6.45, 7) is 1.88. The van der Waals surface area contributed by atoms with Gasteiger partial charge < -0.3 is 10.8 Å². The molecule has 0 fully saturated rings. The van der Waals surface area contributed by atoms with Gasteiger partial charge in [-0.15, -0.1) is 0 Å². The van der Waals surface area contributed by atoms with Gasteiger partial charge in [0, 0.05) is 11.8 Å². The summed E-state index contributed by atoms with van der Waals surface area (Å²) in [6.07, 6.45) is 2.64. The topological polar surface area (TPSA) is 63.3 Å². The normalized spacial score (nSPS) is 10.5. The molecule has 3 nitrogen and oxygen atoms in total. The molecule has 1 rings (SSSR count). The second-order valence-electron chi connectivity index (χ2n) is 2.79. The van der Waals surface area contributed by atoms with Gasteiger partial charge in [0.05, 0.1) is 0 Å². The molecule has 0 spiro atoms. The van der Waals surface area contributed by atoms with Crippen LogP contribution >= 0.6 is 0 Å². The molecule has 1 aromatic carbocycles. The van der Waals surface area contributed by atoms with Gasteiger partial charge >= 0.3 is 5.97 Å². The Balaban J connectivity index is 2.92. The van der Waals surface area contributed by atoms with Gasteiger partial charge in [-0.3, -0.25) is 0 Å². The van der Waals surface area contributed by atoms with Gasteiger partial charge in [0.15, 0.2) is 0 Å². The zero-order valence-electron chi connectivity index (χ0n) is 7.32. The Morgan fingerprint density at radius 2 is 2.23 bits per heavy atom. The summed E-state index contributed by atoms with van der Waals surface area (Å²) < 4.78 is 0. The zero-order chi connectivity index (χ0) is 9.84. The van der Waals surface area contributed by atoms with Crippen molar-refractivity contribution in [3.63, 3.8) is 0 Å². The van der Waals surface area contributed by atoms with E-state index in [4.69, 9.17) is 10.8 Å². The van der Waals surface area contributed by atoms with Crippen molar-refractivity contribution in [2.75, 3.05) is 5.73 Å². The molecule has 0 aromatic heterocycles. The number of benzene rings is 1. The lowest BCUT2D eigenvalue weighted by molar-refractivity contribution is -0.131. The number of hydrogen-bond donors (Lipinski definition) is 2. The van der Waals surface area contributed by atoms with Crippen molar-refractivity contribution < 1.29 is 9.90 Å². The number of carbonyl (C=O) groups is 1. The van der Waals surface area contributed by atoms with Crippen LogP contribution in [0.4, 0.5) is 5.69 Å². The van der Waals surface area contributed by atoms with Gasteiger partial charge in [-0.2, -0.15) is 0 Å². The summed E-state index contributed by atoms with van der Waals surface area (Å²) in [7, 11) is 0. The molecule has 0 radical (unpaired) electrons.